The van der Waals surface area contributed by atoms with Crippen LogP contribution in [0.1, 0.15) is 0 Å². The molecule has 0 radical (unpaired) electrons. The second kappa shape index (κ2) is 10.2. The van der Waals surface area contributed by atoms with Crippen LogP contribution in [0.2, 0.25) is 0 Å². The average molecular weight is 331 g/mol. The summed E-state index contributed by atoms with van der Waals surface area (Å²) in [4.78, 5) is 17.8. The maximum atomic E-state index is 12.4. The molecule has 1 N–H and O–H groups in total. The molecule has 21 heavy (non-hydrogen) atoms. The van der Waals surface area contributed by atoms with Crippen LogP contribution < -0.4 is 0 Å². The molecule has 0 aromatic rings. The van der Waals surface area contributed by atoms with Crippen LogP contribution in [0.25, 0.3) is 0 Å². The lowest BCUT2D eigenvalue weighted by Crippen LogP contribution is -2.30. The van der Waals surface area contributed by atoms with Crippen molar-refractivity contribution in [1.82, 2.24) is 4.90 Å². The molecule has 0 spiro atoms. The standard InChI is InChI=1S/C14H16Cl2N2O3/c15-3-2-12(10-13(16)11-19)14(20)18-6-1-4-17-5-8-21-9-7-18/h1-2,4-6,8,10,19H,3,7,9,11H2/b6-1+,8-5+,12-2+,13-10+,17-4+. The molecule has 5 nitrogen and oxygen atoms in total. The van der Waals surface area contributed by atoms with E-state index in [2.05, 4.69) is 4.99 Å². The fourth-order valence-corrected chi connectivity index (χ4v) is 1.74. The van der Waals surface area contributed by atoms with E-state index >= 15 is 0 Å². The first-order chi connectivity index (χ1) is 10.2. The van der Waals surface area contributed by atoms with Gasteiger partial charge in [0.15, 0.2) is 0 Å². The van der Waals surface area contributed by atoms with Crippen LogP contribution in [-0.4, -0.2) is 47.8 Å². The van der Waals surface area contributed by atoms with Gasteiger partial charge >= 0.3 is 0 Å². The first kappa shape index (κ1) is 17.5. The highest BCUT2D eigenvalue weighted by Crippen LogP contribution is 2.11. The Balaban J connectivity index is 2.93. The number of hydrogen-bond acceptors (Lipinski definition) is 4. The fraction of sp³-hybridized carbons (Fsp3) is 0.286. The second-order valence-electron chi connectivity index (χ2n) is 3.86. The number of carbonyl (C=O) groups excluding carboxylic acids is 1. The molecule has 0 saturated carbocycles. The van der Waals surface area contributed by atoms with Gasteiger partial charge in [-0.1, -0.05) is 17.7 Å². The van der Waals surface area contributed by atoms with Gasteiger partial charge in [0, 0.05) is 28.9 Å². The Kier molecular flexibility index (Phi) is 8.50. The van der Waals surface area contributed by atoms with Crippen LogP contribution >= 0.6 is 23.2 Å². The van der Waals surface area contributed by atoms with E-state index in [-0.39, 0.29) is 23.4 Å². The number of amides is 1. The molecule has 0 saturated heterocycles. The summed E-state index contributed by atoms with van der Waals surface area (Å²) in [5.74, 6) is -0.133. The van der Waals surface area contributed by atoms with Gasteiger partial charge in [0.1, 0.15) is 12.9 Å². The van der Waals surface area contributed by atoms with Crippen LogP contribution in [0.5, 0.6) is 0 Å². The monoisotopic (exact) mass is 330 g/mol. The number of carbonyl (C=O) groups is 1. The summed E-state index contributed by atoms with van der Waals surface area (Å²) in [6, 6.07) is 0. The molecular weight excluding hydrogens is 315 g/mol. The highest BCUT2D eigenvalue weighted by atomic mass is 35.5. The molecule has 1 rings (SSSR count). The molecule has 1 heterocycles. The number of aliphatic imine (C=N–C) groups is 1. The van der Waals surface area contributed by atoms with E-state index in [0.717, 1.165) is 0 Å². The maximum Gasteiger partial charge on any atom is 0.257 e. The van der Waals surface area contributed by atoms with Crippen molar-refractivity contribution in [3.05, 3.63) is 47.5 Å². The third kappa shape index (κ3) is 6.62. The summed E-state index contributed by atoms with van der Waals surface area (Å²) in [5.41, 5.74) is 0.304. The molecule has 1 aliphatic rings. The number of aliphatic hydroxyl groups excluding tert-OH is 1. The number of halogens is 2. The molecule has 1 amide bonds. The molecule has 0 aliphatic carbocycles. The van der Waals surface area contributed by atoms with Gasteiger partial charge in [-0.15, -0.1) is 11.6 Å². The van der Waals surface area contributed by atoms with E-state index in [4.69, 9.17) is 33.0 Å². The lowest BCUT2D eigenvalue weighted by atomic mass is 10.2. The molecule has 0 atom stereocenters. The topological polar surface area (TPSA) is 62.1 Å². The molecule has 1 aliphatic heterocycles. The Labute approximate surface area is 133 Å². The van der Waals surface area contributed by atoms with Crippen molar-refractivity contribution in [3.8, 4) is 0 Å². The Morgan fingerprint density at radius 2 is 2.33 bits per heavy atom. The van der Waals surface area contributed by atoms with Crippen molar-refractivity contribution in [1.29, 1.82) is 0 Å². The molecule has 0 aromatic carbocycles. The van der Waals surface area contributed by atoms with Gasteiger partial charge in [-0.2, -0.15) is 0 Å². The second-order valence-corrected chi connectivity index (χ2v) is 4.65. The number of aliphatic hydroxyl groups is 1. The molecule has 0 bridgehead atoms. The summed E-state index contributed by atoms with van der Waals surface area (Å²) in [6.07, 6.45) is 10.7. The van der Waals surface area contributed by atoms with E-state index in [1.165, 1.54) is 35.7 Å². The van der Waals surface area contributed by atoms with Crippen LogP contribution in [0.15, 0.2) is 52.5 Å². The van der Waals surface area contributed by atoms with Crippen LogP contribution in [-0.2, 0) is 9.53 Å². The smallest absolute Gasteiger partial charge is 0.257 e. The van der Waals surface area contributed by atoms with E-state index in [1.807, 2.05) is 0 Å². The van der Waals surface area contributed by atoms with Crippen molar-refractivity contribution in [3.63, 3.8) is 0 Å². The number of rotatable bonds is 4. The Bertz CT molecular complexity index is 496. The van der Waals surface area contributed by atoms with Crippen LogP contribution in [0.4, 0.5) is 0 Å². The minimum absolute atomic E-state index is 0.158. The first-order valence-electron chi connectivity index (χ1n) is 6.19. The van der Waals surface area contributed by atoms with Gasteiger partial charge in [0.05, 0.1) is 19.4 Å². The minimum atomic E-state index is -0.342. The van der Waals surface area contributed by atoms with Gasteiger partial charge < -0.3 is 14.7 Å². The van der Waals surface area contributed by atoms with Crippen molar-refractivity contribution in [2.24, 2.45) is 4.99 Å². The summed E-state index contributed by atoms with van der Waals surface area (Å²) >= 11 is 11.4. The van der Waals surface area contributed by atoms with Gasteiger partial charge in [0.2, 0.25) is 0 Å². The zero-order valence-corrected chi connectivity index (χ0v) is 12.8. The third-order valence-electron chi connectivity index (χ3n) is 2.40. The average Bonchev–Trinajstić information content (AvgIpc) is 2.51. The van der Waals surface area contributed by atoms with E-state index in [9.17, 15) is 4.79 Å². The Hall–Kier alpha value is -1.56. The van der Waals surface area contributed by atoms with Crippen LogP contribution in [0, 0.1) is 0 Å². The normalized spacial score (nSPS) is 21.4. The lowest BCUT2D eigenvalue weighted by Gasteiger charge is -2.19. The number of alkyl halides is 1. The van der Waals surface area contributed by atoms with E-state index < -0.39 is 0 Å². The van der Waals surface area contributed by atoms with Gasteiger partial charge in [0.25, 0.3) is 5.91 Å². The third-order valence-corrected chi connectivity index (χ3v) is 2.78. The lowest BCUT2D eigenvalue weighted by molar-refractivity contribution is -0.124. The van der Waals surface area contributed by atoms with E-state index in [0.29, 0.717) is 18.7 Å². The molecular formula is C14H16Cl2N2O3. The SMILES string of the molecule is O=C(C(/C=C(/Cl)CO)=C/CCl)N1/C=C/C=N/C=C/OCC1. The number of nitrogens with zero attached hydrogens (tertiary/aromatic N) is 2. The molecule has 7 heteroatoms. The Morgan fingerprint density at radius 3 is 3.05 bits per heavy atom. The van der Waals surface area contributed by atoms with Crippen molar-refractivity contribution >= 4 is 35.3 Å². The minimum Gasteiger partial charge on any atom is -0.498 e. The summed E-state index contributed by atoms with van der Waals surface area (Å²) in [5, 5.41) is 9.11. The van der Waals surface area contributed by atoms with Gasteiger partial charge in [-0.3, -0.25) is 9.79 Å². The number of hydrogen-bond donors (Lipinski definition) is 1. The highest BCUT2D eigenvalue weighted by Gasteiger charge is 2.15. The van der Waals surface area contributed by atoms with Crippen LogP contribution in [0.3, 0.4) is 0 Å². The number of allylic oxidation sites excluding steroid dienone is 2. The quantitative estimate of drug-likeness (QED) is 0.488. The fourth-order valence-electron chi connectivity index (χ4n) is 1.45. The van der Waals surface area contributed by atoms with Crippen molar-refractivity contribution in [2.75, 3.05) is 25.6 Å². The predicted octanol–water partition coefficient (Wildman–Crippen LogP) is 2.18. The summed E-state index contributed by atoms with van der Waals surface area (Å²) in [7, 11) is 0. The van der Waals surface area contributed by atoms with E-state index in [1.54, 1.807) is 12.3 Å². The molecule has 114 valence electrons. The summed E-state index contributed by atoms with van der Waals surface area (Å²) < 4.78 is 5.18. The molecule has 0 aromatic heterocycles. The molecule has 0 unspecified atom stereocenters. The van der Waals surface area contributed by atoms with Gasteiger partial charge in [-0.05, 0) is 12.2 Å². The first-order valence-corrected chi connectivity index (χ1v) is 7.11. The Morgan fingerprint density at radius 1 is 1.52 bits per heavy atom. The van der Waals surface area contributed by atoms with Crippen molar-refractivity contribution in [2.45, 2.75) is 0 Å². The van der Waals surface area contributed by atoms with Gasteiger partial charge in [-0.25, -0.2) is 0 Å². The zero-order valence-electron chi connectivity index (χ0n) is 11.3. The zero-order chi connectivity index (χ0) is 15.5. The highest BCUT2D eigenvalue weighted by molar-refractivity contribution is 6.30. The largest absolute Gasteiger partial charge is 0.498 e. The number of ether oxygens (including phenoxy) is 1. The molecule has 0 fully saturated rings. The predicted molar refractivity (Wildman–Crippen MR) is 84.3 cm³/mol. The maximum absolute atomic E-state index is 12.4. The summed E-state index contributed by atoms with van der Waals surface area (Å²) in [6.45, 7) is 0.344. The van der Waals surface area contributed by atoms with Crippen molar-refractivity contribution < 1.29 is 14.6 Å².